The smallest absolute Gasteiger partial charge is 0.0462 e. The lowest BCUT2D eigenvalue weighted by atomic mass is 9.94. The highest BCUT2D eigenvalue weighted by Crippen LogP contribution is 2.30. The molecule has 3 nitrogen and oxygen atoms in total. The predicted molar refractivity (Wildman–Crippen MR) is 104 cm³/mol. The van der Waals surface area contributed by atoms with Crippen LogP contribution in [0.25, 0.3) is 10.9 Å². The van der Waals surface area contributed by atoms with Crippen molar-refractivity contribution in [1.29, 1.82) is 0 Å². The van der Waals surface area contributed by atoms with Crippen LogP contribution < -0.4 is 5.32 Å². The van der Waals surface area contributed by atoms with E-state index < -0.39 is 0 Å². The normalized spacial score (nSPS) is 17.0. The number of H-pyrrole nitrogens is 1. The highest BCUT2D eigenvalue weighted by Gasteiger charge is 2.22. The van der Waals surface area contributed by atoms with Gasteiger partial charge in [0.15, 0.2) is 0 Å². The van der Waals surface area contributed by atoms with Crippen molar-refractivity contribution in [2.75, 3.05) is 0 Å². The molecule has 2 N–H and O–H groups in total. The molecule has 2 aromatic heterocycles. The second-order valence-corrected chi connectivity index (χ2v) is 7.30. The van der Waals surface area contributed by atoms with Crippen molar-refractivity contribution in [3.63, 3.8) is 0 Å². The van der Waals surface area contributed by atoms with Crippen LogP contribution in [-0.2, 0) is 25.8 Å². The number of aromatic nitrogens is 2. The molecule has 0 spiro atoms. The molecule has 0 saturated heterocycles. The number of nitrogens with zero attached hydrogens (tertiary/aromatic N) is 1. The summed E-state index contributed by atoms with van der Waals surface area (Å²) < 4.78 is 0. The molecule has 25 heavy (non-hydrogen) atoms. The first kappa shape index (κ1) is 16.3. The fourth-order valence-corrected chi connectivity index (χ4v) is 4.07. The van der Waals surface area contributed by atoms with Crippen LogP contribution >= 0.6 is 0 Å². The summed E-state index contributed by atoms with van der Waals surface area (Å²) in [5.41, 5.74) is 8.07. The van der Waals surface area contributed by atoms with Gasteiger partial charge in [0.2, 0.25) is 0 Å². The first-order chi connectivity index (χ1) is 12.2. The molecular weight excluding hydrogens is 306 g/mol. The molecule has 130 valence electrons. The molecule has 1 unspecified atom stereocenters. The zero-order chi connectivity index (χ0) is 17.2. The number of nitrogens with one attached hydrogen (secondary N) is 2. The molecule has 0 amide bonds. The van der Waals surface area contributed by atoms with E-state index in [1.165, 1.54) is 46.1 Å². The number of aryl methyl sites for hydroxylation is 3. The third-order valence-electron chi connectivity index (χ3n) is 5.41. The summed E-state index contributed by atoms with van der Waals surface area (Å²) in [7, 11) is 0. The Kier molecular flexibility index (Phi) is 4.58. The fraction of sp³-hybridized carbons (Fsp3) is 0.409. The Morgan fingerprint density at radius 3 is 2.88 bits per heavy atom. The lowest BCUT2D eigenvalue weighted by Crippen LogP contribution is -2.35. The molecule has 0 saturated carbocycles. The molecule has 1 aliphatic heterocycles. The molecule has 1 atom stereocenters. The van der Waals surface area contributed by atoms with Crippen molar-refractivity contribution < 1.29 is 0 Å². The summed E-state index contributed by atoms with van der Waals surface area (Å²) in [5.74, 6) is 0. The van der Waals surface area contributed by atoms with Crippen molar-refractivity contribution >= 4 is 10.9 Å². The Balaban J connectivity index is 1.60. The predicted octanol–water partition coefficient (Wildman–Crippen LogP) is 4.47. The highest BCUT2D eigenvalue weighted by molar-refractivity contribution is 5.88. The summed E-state index contributed by atoms with van der Waals surface area (Å²) >= 11 is 0. The van der Waals surface area contributed by atoms with E-state index in [1.807, 2.05) is 13.1 Å². The molecule has 0 aliphatic carbocycles. The molecule has 4 rings (SSSR count). The minimum atomic E-state index is 0.618. The largest absolute Gasteiger partial charge is 0.358 e. The van der Waals surface area contributed by atoms with Gasteiger partial charge in [0.05, 0.1) is 0 Å². The molecule has 0 radical (unpaired) electrons. The van der Waals surface area contributed by atoms with Gasteiger partial charge in [0.25, 0.3) is 0 Å². The molecule has 0 fully saturated rings. The Bertz CT molecular complexity index is 861. The number of hydrogen-bond donors (Lipinski definition) is 2. The maximum absolute atomic E-state index is 4.42. The van der Waals surface area contributed by atoms with Gasteiger partial charge in [-0.05, 0) is 55.0 Å². The zero-order valence-corrected chi connectivity index (χ0v) is 15.2. The van der Waals surface area contributed by atoms with Gasteiger partial charge in [-0.15, -0.1) is 0 Å². The molecule has 3 heteroatoms. The Morgan fingerprint density at radius 2 is 2.08 bits per heavy atom. The molecular formula is C22H27N3. The van der Waals surface area contributed by atoms with E-state index in [0.29, 0.717) is 6.04 Å². The minimum Gasteiger partial charge on any atom is -0.358 e. The fourth-order valence-electron chi connectivity index (χ4n) is 4.07. The summed E-state index contributed by atoms with van der Waals surface area (Å²) in [5, 5.41) is 5.18. The van der Waals surface area contributed by atoms with E-state index in [2.05, 4.69) is 52.5 Å². The second-order valence-electron chi connectivity index (χ2n) is 7.30. The number of hydrogen-bond acceptors (Lipinski definition) is 2. The minimum absolute atomic E-state index is 0.618. The first-order valence-corrected chi connectivity index (χ1v) is 9.51. The van der Waals surface area contributed by atoms with Crippen LogP contribution in [0.5, 0.6) is 0 Å². The standard InChI is InChI=1S/C22H27N3/c1-3-5-18-12-21-19(14-24-18)22-17(6-4-7-20(22)25-21)11-10-16-9-8-15(2)23-13-16/h4,6-9,13,18,24-25H,3,5,10-12,14H2,1-2H3. The van der Waals surface area contributed by atoms with Gasteiger partial charge >= 0.3 is 0 Å². The maximum atomic E-state index is 4.42. The van der Waals surface area contributed by atoms with Crippen LogP contribution in [0.3, 0.4) is 0 Å². The Labute approximate surface area is 149 Å². The zero-order valence-electron chi connectivity index (χ0n) is 15.2. The SMILES string of the molecule is CCCC1Cc2[nH]c3cccc(CCc4ccc(C)nc4)c3c2CN1. The van der Waals surface area contributed by atoms with E-state index in [9.17, 15) is 0 Å². The molecule has 1 aliphatic rings. The van der Waals surface area contributed by atoms with Crippen molar-refractivity contribution in [2.24, 2.45) is 0 Å². The lowest BCUT2D eigenvalue weighted by Gasteiger charge is -2.24. The summed E-state index contributed by atoms with van der Waals surface area (Å²) in [6.07, 6.45) is 7.73. The molecule has 3 aromatic rings. The first-order valence-electron chi connectivity index (χ1n) is 9.51. The van der Waals surface area contributed by atoms with Crippen LogP contribution in [-0.4, -0.2) is 16.0 Å². The van der Waals surface area contributed by atoms with Crippen molar-refractivity contribution in [2.45, 2.75) is 58.5 Å². The summed E-state index contributed by atoms with van der Waals surface area (Å²) in [4.78, 5) is 8.12. The lowest BCUT2D eigenvalue weighted by molar-refractivity contribution is 0.446. The van der Waals surface area contributed by atoms with Crippen LogP contribution in [0, 0.1) is 6.92 Å². The topological polar surface area (TPSA) is 40.7 Å². The molecule has 0 bridgehead atoms. The van der Waals surface area contributed by atoms with Crippen molar-refractivity contribution in [1.82, 2.24) is 15.3 Å². The monoisotopic (exact) mass is 333 g/mol. The van der Waals surface area contributed by atoms with Crippen LogP contribution in [0.2, 0.25) is 0 Å². The van der Waals surface area contributed by atoms with Gasteiger partial charge in [-0.3, -0.25) is 4.98 Å². The van der Waals surface area contributed by atoms with E-state index in [1.54, 1.807) is 0 Å². The van der Waals surface area contributed by atoms with Crippen LogP contribution in [0.4, 0.5) is 0 Å². The Hall–Kier alpha value is -2.13. The number of fused-ring (bicyclic) bond motifs is 3. The van der Waals surface area contributed by atoms with E-state index in [-0.39, 0.29) is 0 Å². The highest BCUT2D eigenvalue weighted by atomic mass is 14.9. The quantitative estimate of drug-likeness (QED) is 0.723. The van der Waals surface area contributed by atoms with Crippen molar-refractivity contribution in [3.8, 4) is 0 Å². The summed E-state index contributed by atoms with van der Waals surface area (Å²) in [6.45, 7) is 5.29. The van der Waals surface area contributed by atoms with Crippen LogP contribution in [0.1, 0.15) is 47.8 Å². The van der Waals surface area contributed by atoms with E-state index in [0.717, 1.165) is 31.5 Å². The van der Waals surface area contributed by atoms with Crippen molar-refractivity contribution in [3.05, 3.63) is 64.6 Å². The van der Waals surface area contributed by atoms with Gasteiger partial charge in [-0.25, -0.2) is 0 Å². The average molecular weight is 333 g/mol. The number of pyridine rings is 1. The Morgan fingerprint density at radius 1 is 1.16 bits per heavy atom. The molecule has 1 aromatic carbocycles. The number of aromatic amines is 1. The van der Waals surface area contributed by atoms with Gasteiger partial charge in [-0.1, -0.05) is 31.5 Å². The van der Waals surface area contributed by atoms with Gasteiger partial charge in [-0.2, -0.15) is 0 Å². The average Bonchev–Trinajstić information content (AvgIpc) is 3.00. The van der Waals surface area contributed by atoms with Gasteiger partial charge < -0.3 is 10.3 Å². The number of benzene rings is 1. The third-order valence-corrected chi connectivity index (χ3v) is 5.41. The third kappa shape index (κ3) is 3.34. The summed E-state index contributed by atoms with van der Waals surface area (Å²) in [6, 6.07) is 11.6. The molecule has 3 heterocycles. The maximum Gasteiger partial charge on any atom is 0.0462 e. The second kappa shape index (κ2) is 7.01. The van der Waals surface area contributed by atoms with E-state index >= 15 is 0 Å². The van der Waals surface area contributed by atoms with Gasteiger partial charge in [0, 0.05) is 47.5 Å². The van der Waals surface area contributed by atoms with Gasteiger partial charge in [0.1, 0.15) is 0 Å². The number of rotatable bonds is 5. The van der Waals surface area contributed by atoms with Crippen LogP contribution in [0.15, 0.2) is 36.5 Å². The van der Waals surface area contributed by atoms with E-state index in [4.69, 9.17) is 0 Å².